The van der Waals surface area contributed by atoms with Gasteiger partial charge in [0.15, 0.2) is 0 Å². The minimum Gasteiger partial charge on any atom is -0.390 e. The molecule has 0 spiro atoms. The number of rotatable bonds is 4. The zero-order valence-corrected chi connectivity index (χ0v) is 15.1. The molecule has 0 saturated heterocycles. The molecule has 1 aliphatic heterocycles. The van der Waals surface area contributed by atoms with Crippen molar-refractivity contribution in [2.24, 2.45) is 18.9 Å². The summed E-state index contributed by atoms with van der Waals surface area (Å²) in [6.07, 6.45) is 5.62. The van der Waals surface area contributed by atoms with Crippen molar-refractivity contribution < 1.29 is 5.11 Å². The lowest BCUT2D eigenvalue weighted by Crippen LogP contribution is -2.43. The van der Waals surface area contributed by atoms with Crippen LogP contribution in [0.4, 0.5) is 11.5 Å². The van der Waals surface area contributed by atoms with Gasteiger partial charge < -0.3 is 15.3 Å². The van der Waals surface area contributed by atoms with E-state index in [2.05, 4.69) is 10.2 Å². The molecule has 4 rings (SSSR count). The maximum absolute atomic E-state index is 13.1. The van der Waals surface area contributed by atoms with Crippen LogP contribution in [0, 0.1) is 11.8 Å². The molecule has 0 bridgehead atoms. The highest BCUT2D eigenvalue weighted by atomic mass is 16.3. The summed E-state index contributed by atoms with van der Waals surface area (Å²) in [5.74, 6) is 1.60. The second-order valence-electron chi connectivity index (χ2n) is 8.40. The van der Waals surface area contributed by atoms with Crippen LogP contribution in [0.25, 0.3) is 0 Å². The minimum atomic E-state index is -0.602. The Morgan fingerprint density at radius 3 is 2.40 bits per heavy atom. The number of nitrogens with one attached hydrogen (secondary N) is 1. The number of hydrogen-bond acceptors (Lipinski definition) is 5. The van der Waals surface area contributed by atoms with Crippen LogP contribution in [0.3, 0.4) is 0 Å². The van der Waals surface area contributed by atoms with Gasteiger partial charge in [0.25, 0.3) is 5.56 Å². The lowest BCUT2D eigenvalue weighted by atomic mass is 9.80. The molecule has 25 heavy (non-hydrogen) atoms. The highest BCUT2D eigenvalue weighted by Crippen LogP contribution is 2.35. The molecular weight excluding hydrogens is 320 g/mol. The molecule has 0 unspecified atom stereocenters. The molecule has 0 aromatic carbocycles. The van der Waals surface area contributed by atoms with E-state index in [0.29, 0.717) is 30.6 Å². The van der Waals surface area contributed by atoms with Gasteiger partial charge in [-0.3, -0.25) is 13.9 Å². The standard InChI is InChI=1S/C18H28N4O3/c1-18(25)7-5-13(6-8-18)10-22-16(23)14-15(20(2)17(22)24)19-11-21(14)9-12-3-4-12/h12-13,19,25H,3-11H2,1-2H3/t13-,18+. The molecule has 0 radical (unpaired) electrons. The molecule has 2 heterocycles. The van der Waals surface area contributed by atoms with Crippen molar-refractivity contribution >= 4 is 11.5 Å². The third-order valence-corrected chi connectivity index (χ3v) is 6.08. The monoisotopic (exact) mass is 348 g/mol. The summed E-state index contributed by atoms with van der Waals surface area (Å²) >= 11 is 0. The van der Waals surface area contributed by atoms with Gasteiger partial charge in [0.05, 0.1) is 12.3 Å². The zero-order valence-electron chi connectivity index (χ0n) is 15.1. The molecular formula is C18H28N4O3. The topological polar surface area (TPSA) is 79.5 Å². The van der Waals surface area contributed by atoms with Gasteiger partial charge in [0.2, 0.25) is 0 Å². The van der Waals surface area contributed by atoms with Crippen LogP contribution < -0.4 is 21.5 Å². The van der Waals surface area contributed by atoms with Gasteiger partial charge in [0, 0.05) is 20.1 Å². The van der Waals surface area contributed by atoms with Gasteiger partial charge in [-0.1, -0.05) is 0 Å². The van der Waals surface area contributed by atoms with Crippen LogP contribution >= 0.6 is 0 Å². The molecule has 2 fully saturated rings. The van der Waals surface area contributed by atoms with E-state index in [4.69, 9.17) is 0 Å². The third-order valence-electron chi connectivity index (χ3n) is 6.08. The second-order valence-corrected chi connectivity index (χ2v) is 8.40. The summed E-state index contributed by atoms with van der Waals surface area (Å²) in [4.78, 5) is 27.9. The first-order chi connectivity index (χ1) is 11.9. The summed E-state index contributed by atoms with van der Waals surface area (Å²) in [7, 11) is 1.73. The van der Waals surface area contributed by atoms with Crippen molar-refractivity contribution in [3.63, 3.8) is 0 Å². The Bertz CT molecular complexity index is 781. The predicted octanol–water partition coefficient (Wildman–Crippen LogP) is 1.09. The first-order valence-corrected chi connectivity index (χ1v) is 9.41. The van der Waals surface area contributed by atoms with Crippen molar-refractivity contribution in [2.45, 2.75) is 57.6 Å². The normalized spacial score (nSPS) is 28.8. The van der Waals surface area contributed by atoms with E-state index in [-0.39, 0.29) is 17.2 Å². The average molecular weight is 348 g/mol. The van der Waals surface area contributed by atoms with Gasteiger partial charge in [0.1, 0.15) is 11.5 Å². The Balaban J connectivity index is 1.63. The van der Waals surface area contributed by atoms with Crippen LogP contribution in [0.1, 0.15) is 45.4 Å². The summed E-state index contributed by atoms with van der Waals surface area (Å²) in [6.45, 7) is 3.81. The van der Waals surface area contributed by atoms with Crippen molar-refractivity contribution in [1.29, 1.82) is 0 Å². The Kier molecular flexibility index (Phi) is 3.94. The van der Waals surface area contributed by atoms with Gasteiger partial charge in [-0.25, -0.2) is 4.79 Å². The first-order valence-electron chi connectivity index (χ1n) is 9.41. The van der Waals surface area contributed by atoms with E-state index in [1.54, 1.807) is 11.6 Å². The van der Waals surface area contributed by atoms with Crippen molar-refractivity contribution in [3.8, 4) is 0 Å². The largest absolute Gasteiger partial charge is 0.390 e. The minimum absolute atomic E-state index is 0.166. The highest BCUT2D eigenvalue weighted by Gasteiger charge is 2.34. The number of aromatic nitrogens is 2. The number of aliphatic hydroxyl groups is 1. The van der Waals surface area contributed by atoms with Gasteiger partial charge >= 0.3 is 5.69 Å². The molecule has 3 aliphatic rings. The molecule has 7 heteroatoms. The van der Waals surface area contributed by atoms with Gasteiger partial charge in [-0.2, -0.15) is 0 Å². The SMILES string of the molecule is Cn1c2c(c(=O)n(C[C@H]3CC[C@@](C)(O)CC3)c1=O)N(CC1CC1)CN2. The maximum Gasteiger partial charge on any atom is 0.332 e. The summed E-state index contributed by atoms with van der Waals surface area (Å²) < 4.78 is 2.99. The Hall–Kier alpha value is -1.76. The number of anilines is 2. The van der Waals surface area contributed by atoms with E-state index < -0.39 is 5.60 Å². The molecule has 138 valence electrons. The summed E-state index contributed by atoms with van der Waals surface area (Å²) in [6, 6.07) is 0. The van der Waals surface area contributed by atoms with Crippen molar-refractivity contribution in [3.05, 3.63) is 20.8 Å². The molecule has 1 aromatic heterocycles. The fraction of sp³-hybridized carbons (Fsp3) is 0.778. The lowest BCUT2D eigenvalue weighted by Gasteiger charge is -2.33. The zero-order chi connectivity index (χ0) is 17.8. The molecule has 1 aromatic rings. The van der Waals surface area contributed by atoms with Crippen LogP contribution in [-0.2, 0) is 13.6 Å². The van der Waals surface area contributed by atoms with E-state index in [9.17, 15) is 14.7 Å². The lowest BCUT2D eigenvalue weighted by molar-refractivity contribution is 0.00549. The fourth-order valence-electron chi connectivity index (χ4n) is 4.16. The average Bonchev–Trinajstić information content (AvgIpc) is 3.28. The number of hydrogen-bond donors (Lipinski definition) is 2. The maximum atomic E-state index is 13.1. The highest BCUT2D eigenvalue weighted by molar-refractivity contribution is 5.70. The van der Waals surface area contributed by atoms with Crippen LogP contribution in [0.15, 0.2) is 9.59 Å². The third kappa shape index (κ3) is 3.10. The molecule has 0 atom stereocenters. The van der Waals surface area contributed by atoms with E-state index in [1.165, 1.54) is 17.4 Å². The van der Waals surface area contributed by atoms with Crippen LogP contribution in [-0.4, -0.2) is 33.1 Å². The predicted molar refractivity (Wildman–Crippen MR) is 97.1 cm³/mol. The molecule has 2 N–H and O–H groups in total. The molecule has 0 amide bonds. The van der Waals surface area contributed by atoms with Gasteiger partial charge in [-0.05, 0) is 57.3 Å². The summed E-state index contributed by atoms with van der Waals surface area (Å²) in [5.41, 5.74) is -0.366. The van der Waals surface area contributed by atoms with Crippen LogP contribution in [0.5, 0.6) is 0 Å². The van der Waals surface area contributed by atoms with E-state index >= 15 is 0 Å². The number of nitrogens with zero attached hydrogens (tertiary/aromatic N) is 3. The van der Waals surface area contributed by atoms with Crippen molar-refractivity contribution in [1.82, 2.24) is 9.13 Å². The quantitative estimate of drug-likeness (QED) is 0.851. The smallest absolute Gasteiger partial charge is 0.332 e. The Morgan fingerprint density at radius 1 is 1.12 bits per heavy atom. The fourth-order valence-corrected chi connectivity index (χ4v) is 4.16. The first kappa shape index (κ1) is 16.7. The van der Waals surface area contributed by atoms with Crippen molar-refractivity contribution in [2.75, 3.05) is 23.4 Å². The summed E-state index contributed by atoms with van der Waals surface area (Å²) in [5, 5.41) is 13.3. The molecule has 2 saturated carbocycles. The Morgan fingerprint density at radius 2 is 1.76 bits per heavy atom. The Labute approximate surface area is 147 Å². The second kappa shape index (κ2) is 5.90. The van der Waals surface area contributed by atoms with Gasteiger partial charge in [-0.15, -0.1) is 0 Å². The van der Waals surface area contributed by atoms with Crippen LogP contribution in [0.2, 0.25) is 0 Å². The number of fused-ring (bicyclic) bond motifs is 1. The van der Waals surface area contributed by atoms with E-state index in [1.807, 2.05) is 6.92 Å². The molecule has 7 nitrogen and oxygen atoms in total. The van der Waals surface area contributed by atoms with E-state index in [0.717, 1.165) is 32.2 Å². The molecule has 2 aliphatic carbocycles.